The molecule has 0 spiro atoms. The third-order valence-electron chi connectivity index (χ3n) is 7.49. The second kappa shape index (κ2) is 9.94. The van der Waals surface area contributed by atoms with E-state index in [-0.39, 0.29) is 17.1 Å². The lowest BCUT2D eigenvalue weighted by Gasteiger charge is -2.46. The molecule has 1 aliphatic heterocycles. The van der Waals surface area contributed by atoms with E-state index in [0.717, 1.165) is 47.9 Å². The summed E-state index contributed by atoms with van der Waals surface area (Å²) < 4.78 is 15.9. The molecule has 4 heterocycles. The highest BCUT2D eigenvalue weighted by Gasteiger charge is 2.39. The molecule has 0 saturated carbocycles. The number of aromatic nitrogens is 7. The zero-order valence-electron chi connectivity index (χ0n) is 24.8. The van der Waals surface area contributed by atoms with Crippen LogP contribution >= 0.6 is 0 Å². The van der Waals surface area contributed by atoms with Gasteiger partial charge in [-0.15, -0.1) is 15.3 Å². The van der Waals surface area contributed by atoms with Crippen molar-refractivity contribution in [3.05, 3.63) is 24.0 Å². The first-order chi connectivity index (χ1) is 18.3. The predicted molar refractivity (Wildman–Crippen MR) is 157 cm³/mol. The fourth-order valence-electron chi connectivity index (χ4n) is 5.91. The SMILES string of the molecule is COc1cc2c(cc1-c1cc3nnn(C4CC(C)(C)NC(C)(C)C4)c3nn1)nc(C)n2COCC[Si](C)(C)C. The lowest BCUT2D eigenvalue weighted by atomic mass is 9.80. The highest BCUT2D eigenvalue weighted by molar-refractivity contribution is 6.76. The number of aryl methyl sites for hydroxylation is 1. The van der Waals surface area contributed by atoms with Crippen LogP contribution in [0, 0.1) is 6.92 Å². The van der Waals surface area contributed by atoms with Crippen LogP contribution in [-0.4, -0.2) is 67.6 Å². The van der Waals surface area contributed by atoms with Gasteiger partial charge in [0.25, 0.3) is 0 Å². The molecule has 0 amide bonds. The molecule has 4 aromatic rings. The molecule has 0 unspecified atom stereocenters. The van der Waals surface area contributed by atoms with Gasteiger partial charge in [0.2, 0.25) is 5.65 Å². The topological polar surface area (TPSA) is 105 Å². The van der Waals surface area contributed by atoms with Gasteiger partial charge in [-0.1, -0.05) is 24.9 Å². The molecule has 0 radical (unpaired) electrons. The van der Waals surface area contributed by atoms with Gasteiger partial charge < -0.3 is 19.4 Å². The Morgan fingerprint density at radius 3 is 2.38 bits per heavy atom. The Hall–Kier alpha value is -2.89. The van der Waals surface area contributed by atoms with Crippen molar-refractivity contribution in [3.63, 3.8) is 0 Å². The third kappa shape index (κ3) is 5.85. The molecule has 11 heteroatoms. The highest BCUT2D eigenvalue weighted by Crippen LogP contribution is 2.38. The summed E-state index contributed by atoms with van der Waals surface area (Å²) in [6.07, 6.45) is 1.87. The quantitative estimate of drug-likeness (QED) is 0.231. The first-order valence-corrected chi connectivity index (χ1v) is 17.5. The van der Waals surface area contributed by atoms with E-state index >= 15 is 0 Å². The van der Waals surface area contributed by atoms with E-state index in [1.54, 1.807) is 7.11 Å². The van der Waals surface area contributed by atoms with Crippen molar-refractivity contribution in [1.82, 2.24) is 40.1 Å². The minimum atomic E-state index is -1.14. The Labute approximate surface area is 231 Å². The lowest BCUT2D eigenvalue weighted by Crippen LogP contribution is -2.58. The van der Waals surface area contributed by atoms with E-state index < -0.39 is 8.07 Å². The van der Waals surface area contributed by atoms with Crippen molar-refractivity contribution in [3.8, 4) is 17.0 Å². The molecule has 0 atom stereocenters. The second-order valence-electron chi connectivity index (χ2n) is 13.4. The molecule has 3 aromatic heterocycles. The number of rotatable bonds is 8. The van der Waals surface area contributed by atoms with Crippen molar-refractivity contribution >= 4 is 30.3 Å². The maximum absolute atomic E-state index is 6.03. The summed E-state index contributed by atoms with van der Waals surface area (Å²) in [6, 6.07) is 7.28. The highest BCUT2D eigenvalue weighted by atomic mass is 28.3. The largest absolute Gasteiger partial charge is 0.496 e. The van der Waals surface area contributed by atoms with E-state index in [9.17, 15) is 0 Å². The normalized spacial score (nSPS) is 17.8. The summed E-state index contributed by atoms with van der Waals surface area (Å²) in [5, 5.41) is 21.9. The first-order valence-electron chi connectivity index (χ1n) is 13.8. The molecule has 1 aromatic carbocycles. The maximum Gasteiger partial charge on any atom is 0.201 e. The Bertz CT molecular complexity index is 1490. The molecule has 210 valence electrons. The van der Waals surface area contributed by atoms with Gasteiger partial charge in [0, 0.05) is 37.4 Å². The van der Waals surface area contributed by atoms with Crippen molar-refractivity contribution in [2.24, 2.45) is 0 Å². The van der Waals surface area contributed by atoms with Crippen LogP contribution in [0.2, 0.25) is 25.7 Å². The predicted octanol–water partition coefficient (Wildman–Crippen LogP) is 5.35. The van der Waals surface area contributed by atoms with Crippen LogP contribution in [0.3, 0.4) is 0 Å². The Kier molecular flexibility index (Phi) is 7.05. The number of imidazole rings is 1. The summed E-state index contributed by atoms with van der Waals surface area (Å²) >= 11 is 0. The summed E-state index contributed by atoms with van der Waals surface area (Å²) in [6.45, 7) is 19.2. The number of fused-ring (bicyclic) bond motifs is 2. The minimum Gasteiger partial charge on any atom is -0.496 e. The number of methoxy groups -OCH3 is 1. The summed E-state index contributed by atoms with van der Waals surface area (Å²) in [7, 11) is 0.528. The van der Waals surface area contributed by atoms with E-state index in [4.69, 9.17) is 14.5 Å². The minimum absolute atomic E-state index is 0.0122. The number of benzene rings is 1. The lowest BCUT2D eigenvalue weighted by molar-refractivity contribution is 0.0885. The summed E-state index contributed by atoms with van der Waals surface area (Å²) in [5.74, 6) is 1.60. The smallest absolute Gasteiger partial charge is 0.201 e. The van der Waals surface area contributed by atoms with E-state index in [1.165, 1.54) is 0 Å². The van der Waals surface area contributed by atoms with Crippen LogP contribution in [-0.2, 0) is 11.5 Å². The number of hydrogen-bond acceptors (Lipinski definition) is 8. The Balaban J connectivity index is 1.45. The molecule has 39 heavy (non-hydrogen) atoms. The third-order valence-corrected chi connectivity index (χ3v) is 9.19. The van der Waals surface area contributed by atoms with Gasteiger partial charge in [-0.2, -0.15) is 0 Å². The Morgan fingerprint density at radius 2 is 1.72 bits per heavy atom. The van der Waals surface area contributed by atoms with Crippen LogP contribution in [0.4, 0.5) is 0 Å². The molecule has 5 rings (SSSR count). The van der Waals surface area contributed by atoms with Gasteiger partial charge in [0.15, 0.2) is 0 Å². The fourth-order valence-corrected chi connectivity index (χ4v) is 6.67. The molecule has 1 N–H and O–H groups in total. The van der Waals surface area contributed by atoms with E-state index in [1.807, 2.05) is 29.8 Å². The number of hydrogen-bond donors (Lipinski definition) is 1. The molecule has 1 saturated heterocycles. The average Bonchev–Trinajstić information content (AvgIpc) is 3.38. The van der Waals surface area contributed by atoms with E-state index in [0.29, 0.717) is 29.3 Å². The fraction of sp³-hybridized carbons (Fsp3) is 0.607. The van der Waals surface area contributed by atoms with Gasteiger partial charge in [-0.05, 0) is 65.6 Å². The van der Waals surface area contributed by atoms with Crippen molar-refractivity contribution < 1.29 is 9.47 Å². The molecule has 1 fully saturated rings. The van der Waals surface area contributed by atoms with Gasteiger partial charge >= 0.3 is 0 Å². The molecular weight excluding hydrogens is 508 g/mol. The molecule has 1 aliphatic rings. The van der Waals surface area contributed by atoms with Crippen LogP contribution in [0.5, 0.6) is 5.75 Å². The summed E-state index contributed by atoms with van der Waals surface area (Å²) in [4.78, 5) is 4.81. The van der Waals surface area contributed by atoms with Crippen LogP contribution in [0.15, 0.2) is 18.2 Å². The van der Waals surface area contributed by atoms with Crippen molar-refractivity contribution in [2.45, 2.75) is 97.0 Å². The molecule has 0 aliphatic carbocycles. The number of nitrogens with one attached hydrogen (secondary N) is 1. The van der Waals surface area contributed by atoms with Gasteiger partial charge in [0.05, 0.1) is 29.9 Å². The van der Waals surface area contributed by atoms with Gasteiger partial charge in [0.1, 0.15) is 23.8 Å². The molecular formula is C28H42N8O2Si. The first kappa shape index (κ1) is 27.7. The van der Waals surface area contributed by atoms with Gasteiger partial charge in [-0.25, -0.2) is 9.67 Å². The standard InChI is InChI=1S/C28H42N8O2Si/c1-18-29-22-12-20(25(37-6)14-24(22)35(18)17-38-10-11-39(7,8)9)21-13-23-26(32-30-21)36(34-31-23)19-15-27(2,3)33-28(4,5)16-19/h12-14,19,33H,10-11,15-17H2,1-9H3. The second-order valence-corrected chi connectivity index (χ2v) is 19.0. The van der Waals surface area contributed by atoms with Crippen LogP contribution in [0.1, 0.15) is 52.4 Å². The van der Waals surface area contributed by atoms with Gasteiger partial charge in [-0.3, -0.25) is 0 Å². The number of piperidine rings is 1. The van der Waals surface area contributed by atoms with Crippen LogP contribution in [0.25, 0.3) is 33.5 Å². The zero-order valence-corrected chi connectivity index (χ0v) is 25.8. The Morgan fingerprint density at radius 1 is 1.00 bits per heavy atom. The van der Waals surface area contributed by atoms with Crippen molar-refractivity contribution in [1.29, 1.82) is 0 Å². The summed E-state index contributed by atoms with van der Waals surface area (Å²) in [5.41, 5.74) is 4.73. The van der Waals surface area contributed by atoms with Crippen LogP contribution < -0.4 is 10.1 Å². The monoisotopic (exact) mass is 550 g/mol. The molecule has 0 bridgehead atoms. The zero-order chi connectivity index (χ0) is 28.2. The number of nitrogens with zero attached hydrogens (tertiary/aromatic N) is 7. The average molecular weight is 551 g/mol. The number of ether oxygens (including phenoxy) is 2. The molecule has 10 nitrogen and oxygen atoms in total. The van der Waals surface area contributed by atoms with E-state index in [2.05, 4.69) is 77.7 Å². The maximum atomic E-state index is 6.03. The van der Waals surface area contributed by atoms with Crippen molar-refractivity contribution in [2.75, 3.05) is 13.7 Å².